The molecule has 0 radical (unpaired) electrons. The van der Waals surface area contributed by atoms with Crippen molar-refractivity contribution in [2.45, 2.75) is 39.2 Å². The fourth-order valence-corrected chi connectivity index (χ4v) is 1.74. The van der Waals surface area contributed by atoms with Gasteiger partial charge in [0.25, 0.3) is 0 Å². The van der Waals surface area contributed by atoms with Crippen molar-refractivity contribution in [1.29, 1.82) is 0 Å². The van der Waals surface area contributed by atoms with Crippen molar-refractivity contribution in [3.05, 3.63) is 34.9 Å². The van der Waals surface area contributed by atoms with E-state index in [0.29, 0.717) is 11.4 Å². The number of Topliss-reactive ketones (excluding diaryl/α,β-unsaturated/α-hetero) is 1. The normalized spacial score (nSPS) is 10.4. The molecule has 98 valence electrons. The summed E-state index contributed by atoms with van der Waals surface area (Å²) in [6.07, 6.45) is 1.29. The van der Waals surface area contributed by atoms with Crippen LogP contribution >= 0.6 is 11.6 Å². The summed E-state index contributed by atoms with van der Waals surface area (Å²) < 4.78 is 4.82. The Balaban J connectivity index is 2.33. The maximum Gasteiger partial charge on any atom is 0.374 e. The van der Waals surface area contributed by atoms with Gasteiger partial charge in [0.2, 0.25) is 5.78 Å². The predicted molar refractivity (Wildman–Crippen MR) is 70.6 cm³/mol. The summed E-state index contributed by atoms with van der Waals surface area (Å²) in [5.74, 6) is -1.21. The highest BCUT2D eigenvalue weighted by Crippen LogP contribution is 2.13. The molecule has 0 aliphatic heterocycles. The van der Waals surface area contributed by atoms with Crippen LogP contribution in [0.1, 0.15) is 32.3 Å². The number of hydrogen-bond acceptors (Lipinski definition) is 3. The first kappa shape index (κ1) is 14.7. The van der Waals surface area contributed by atoms with E-state index in [4.69, 9.17) is 16.3 Å². The number of rotatable bonds is 6. The van der Waals surface area contributed by atoms with Crippen molar-refractivity contribution in [2.24, 2.45) is 0 Å². The van der Waals surface area contributed by atoms with E-state index >= 15 is 0 Å². The zero-order valence-electron chi connectivity index (χ0n) is 10.6. The molecule has 0 aromatic heterocycles. The minimum atomic E-state index is -0.740. The van der Waals surface area contributed by atoms with Gasteiger partial charge in [0.15, 0.2) is 0 Å². The molecule has 0 saturated heterocycles. The van der Waals surface area contributed by atoms with Gasteiger partial charge in [-0.05, 0) is 44.4 Å². The van der Waals surface area contributed by atoms with Crippen LogP contribution in [0.3, 0.4) is 0 Å². The molecular weight excluding hydrogens is 252 g/mol. The number of aryl methyl sites for hydroxylation is 1. The van der Waals surface area contributed by atoms with Crippen molar-refractivity contribution < 1.29 is 14.3 Å². The van der Waals surface area contributed by atoms with E-state index in [-0.39, 0.29) is 12.5 Å². The van der Waals surface area contributed by atoms with Gasteiger partial charge in [0, 0.05) is 11.4 Å². The Morgan fingerprint density at radius 3 is 2.67 bits per heavy atom. The molecule has 0 saturated carbocycles. The van der Waals surface area contributed by atoms with E-state index in [9.17, 15) is 9.59 Å². The zero-order valence-corrected chi connectivity index (χ0v) is 11.4. The lowest BCUT2D eigenvalue weighted by molar-refractivity contribution is -0.156. The van der Waals surface area contributed by atoms with Crippen LogP contribution < -0.4 is 0 Å². The van der Waals surface area contributed by atoms with Crippen molar-refractivity contribution in [1.82, 2.24) is 0 Å². The quantitative estimate of drug-likeness (QED) is 0.588. The number of ketones is 1. The van der Waals surface area contributed by atoms with Gasteiger partial charge in [-0.1, -0.05) is 23.7 Å². The Kier molecular flexibility index (Phi) is 5.86. The second-order valence-electron chi connectivity index (χ2n) is 4.36. The van der Waals surface area contributed by atoms with Crippen LogP contribution in [0.25, 0.3) is 0 Å². The Labute approximate surface area is 112 Å². The highest BCUT2D eigenvalue weighted by atomic mass is 35.5. The summed E-state index contributed by atoms with van der Waals surface area (Å²) >= 11 is 5.85. The van der Waals surface area contributed by atoms with Crippen molar-refractivity contribution in [2.75, 3.05) is 0 Å². The standard InChI is InChI=1S/C14H17ClO3/c1-10(2)18-14(17)13(16)8-4-6-11-5-3-7-12(15)9-11/h3,5,7,9-10H,4,6,8H2,1-2H3. The summed E-state index contributed by atoms with van der Waals surface area (Å²) in [6, 6.07) is 7.48. The Bertz CT molecular complexity index is 427. The molecule has 0 spiro atoms. The van der Waals surface area contributed by atoms with Crippen LogP contribution in [-0.2, 0) is 20.7 Å². The summed E-state index contributed by atoms with van der Waals surface area (Å²) in [4.78, 5) is 22.7. The predicted octanol–water partition coefficient (Wildman–Crippen LogP) is 3.18. The first-order chi connectivity index (χ1) is 8.49. The molecule has 0 amide bonds. The summed E-state index contributed by atoms with van der Waals surface area (Å²) in [5.41, 5.74) is 1.06. The summed E-state index contributed by atoms with van der Waals surface area (Å²) in [5, 5.41) is 0.679. The minimum Gasteiger partial charge on any atom is -0.457 e. The summed E-state index contributed by atoms with van der Waals surface area (Å²) in [6.45, 7) is 3.44. The van der Waals surface area contributed by atoms with Gasteiger partial charge in [0.05, 0.1) is 6.10 Å². The van der Waals surface area contributed by atoms with Gasteiger partial charge in [-0.15, -0.1) is 0 Å². The van der Waals surface area contributed by atoms with Crippen LogP contribution in [0.4, 0.5) is 0 Å². The van der Waals surface area contributed by atoms with Crippen LogP contribution in [0, 0.1) is 0 Å². The van der Waals surface area contributed by atoms with Gasteiger partial charge in [0.1, 0.15) is 0 Å². The minimum absolute atomic E-state index is 0.206. The highest BCUT2D eigenvalue weighted by Gasteiger charge is 2.15. The van der Waals surface area contributed by atoms with E-state index in [1.165, 1.54) is 0 Å². The Morgan fingerprint density at radius 1 is 1.33 bits per heavy atom. The molecule has 0 aliphatic carbocycles. The highest BCUT2D eigenvalue weighted by molar-refractivity contribution is 6.33. The Hall–Kier alpha value is -1.35. The van der Waals surface area contributed by atoms with Gasteiger partial charge in [-0.3, -0.25) is 4.79 Å². The molecule has 0 atom stereocenters. The molecule has 1 aromatic carbocycles. The van der Waals surface area contributed by atoms with Gasteiger partial charge < -0.3 is 4.74 Å². The lowest BCUT2D eigenvalue weighted by Gasteiger charge is -2.06. The fraction of sp³-hybridized carbons (Fsp3) is 0.429. The lowest BCUT2D eigenvalue weighted by atomic mass is 10.1. The fourth-order valence-electron chi connectivity index (χ4n) is 1.53. The van der Waals surface area contributed by atoms with Crippen molar-refractivity contribution in [3.8, 4) is 0 Å². The van der Waals surface area contributed by atoms with Gasteiger partial charge >= 0.3 is 5.97 Å². The second-order valence-corrected chi connectivity index (χ2v) is 4.80. The maximum absolute atomic E-state index is 11.4. The van der Waals surface area contributed by atoms with E-state index in [1.807, 2.05) is 18.2 Å². The topological polar surface area (TPSA) is 43.4 Å². The third-order valence-electron chi connectivity index (χ3n) is 2.33. The molecule has 1 rings (SSSR count). The SMILES string of the molecule is CC(C)OC(=O)C(=O)CCCc1cccc(Cl)c1. The van der Waals surface area contributed by atoms with Crippen molar-refractivity contribution in [3.63, 3.8) is 0 Å². The van der Waals surface area contributed by atoms with Crippen LogP contribution in [0.2, 0.25) is 5.02 Å². The van der Waals surface area contributed by atoms with Crippen LogP contribution in [0.5, 0.6) is 0 Å². The van der Waals surface area contributed by atoms with Gasteiger partial charge in [-0.25, -0.2) is 4.79 Å². The first-order valence-corrected chi connectivity index (χ1v) is 6.35. The number of halogens is 1. The number of ether oxygens (including phenoxy) is 1. The van der Waals surface area contributed by atoms with E-state index in [2.05, 4.69) is 0 Å². The molecule has 0 bridgehead atoms. The molecular formula is C14H17ClO3. The molecule has 3 nitrogen and oxygen atoms in total. The molecule has 0 unspecified atom stereocenters. The first-order valence-electron chi connectivity index (χ1n) is 5.97. The smallest absolute Gasteiger partial charge is 0.374 e. The van der Waals surface area contributed by atoms with E-state index in [1.54, 1.807) is 19.9 Å². The number of hydrogen-bond donors (Lipinski definition) is 0. The maximum atomic E-state index is 11.4. The number of carbonyl (C=O) groups excluding carboxylic acids is 2. The number of carbonyl (C=O) groups is 2. The lowest BCUT2D eigenvalue weighted by Crippen LogP contribution is -2.20. The second kappa shape index (κ2) is 7.17. The average Bonchev–Trinajstić information content (AvgIpc) is 2.28. The molecule has 0 fully saturated rings. The summed E-state index contributed by atoms with van der Waals surface area (Å²) in [7, 11) is 0. The third-order valence-corrected chi connectivity index (χ3v) is 2.56. The van der Waals surface area contributed by atoms with Crippen LogP contribution in [-0.4, -0.2) is 17.9 Å². The molecule has 0 aliphatic rings. The zero-order chi connectivity index (χ0) is 13.5. The third kappa shape index (κ3) is 5.32. The number of benzene rings is 1. The molecule has 18 heavy (non-hydrogen) atoms. The van der Waals surface area contributed by atoms with Crippen LogP contribution in [0.15, 0.2) is 24.3 Å². The molecule has 1 aromatic rings. The number of esters is 1. The average molecular weight is 269 g/mol. The van der Waals surface area contributed by atoms with E-state index in [0.717, 1.165) is 12.0 Å². The largest absolute Gasteiger partial charge is 0.457 e. The van der Waals surface area contributed by atoms with Crippen molar-refractivity contribution >= 4 is 23.4 Å². The van der Waals surface area contributed by atoms with E-state index < -0.39 is 11.8 Å². The monoisotopic (exact) mass is 268 g/mol. The molecule has 0 heterocycles. The molecule has 4 heteroatoms. The Morgan fingerprint density at radius 2 is 2.06 bits per heavy atom. The van der Waals surface area contributed by atoms with Gasteiger partial charge in [-0.2, -0.15) is 0 Å². The molecule has 0 N–H and O–H groups in total.